The Kier molecular flexibility index (Phi) is 12.4. The molecule has 0 saturated carbocycles. The Morgan fingerprint density at radius 3 is 2.09 bits per heavy atom. The molecule has 0 spiro atoms. The SMILES string of the molecule is CSCCC(NC(=O)C(CO)NC(=O)C(N)Cc1ccccc1)C(=O)NC(C(=O)O)C(C)O. The van der Waals surface area contributed by atoms with Gasteiger partial charge in [-0.1, -0.05) is 30.3 Å². The summed E-state index contributed by atoms with van der Waals surface area (Å²) >= 11 is 1.40. The number of amides is 3. The number of nitrogens with two attached hydrogens (primary N) is 1. The molecule has 12 heteroatoms. The lowest BCUT2D eigenvalue weighted by atomic mass is 10.1. The van der Waals surface area contributed by atoms with Crippen molar-refractivity contribution in [3.05, 3.63) is 35.9 Å². The second-order valence-corrected chi connectivity index (χ2v) is 8.43. The topological polar surface area (TPSA) is 191 Å². The van der Waals surface area contributed by atoms with Gasteiger partial charge in [-0.2, -0.15) is 11.8 Å². The van der Waals surface area contributed by atoms with Gasteiger partial charge in [0, 0.05) is 0 Å². The van der Waals surface area contributed by atoms with Crippen molar-refractivity contribution < 1.29 is 34.5 Å². The number of carboxylic acids is 1. The monoisotopic (exact) mass is 484 g/mol. The van der Waals surface area contributed by atoms with Crippen LogP contribution < -0.4 is 21.7 Å². The molecule has 0 aliphatic heterocycles. The highest BCUT2D eigenvalue weighted by atomic mass is 32.2. The van der Waals surface area contributed by atoms with Gasteiger partial charge in [0.15, 0.2) is 6.04 Å². The van der Waals surface area contributed by atoms with Gasteiger partial charge in [0.1, 0.15) is 12.1 Å². The number of thioether (sulfide) groups is 1. The van der Waals surface area contributed by atoms with E-state index in [1.807, 2.05) is 6.07 Å². The van der Waals surface area contributed by atoms with E-state index in [1.165, 1.54) is 18.7 Å². The van der Waals surface area contributed by atoms with Gasteiger partial charge in [-0.05, 0) is 37.3 Å². The first-order chi connectivity index (χ1) is 15.6. The molecule has 8 N–H and O–H groups in total. The van der Waals surface area contributed by atoms with Crippen LogP contribution in [0.1, 0.15) is 18.9 Å². The van der Waals surface area contributed by atoms with E-state index in [1.54, 1.807) is 30.5 Å². The molecule has 0 aliphatic carbocycles. The van der Waals surface area contributed by atoms with Gasteiger partial charge in [0.05, 0.1) is 18.8 Å². The number of hydrogen-bond acceptors (Lipinski definition) is 8. The number of aliphatic carboxylic acids is 1. The summed E-state index contributed by atoms with van der Waals surface area (Å²) < 4.78 is 0. The lowest BCUT2D eigenvalue weighted by Gasteiger charge is -2.25. The van der Waals surface area contributed by atoms with Crippen molar-refractivity contribution >= 4 is 35.5 Å². The first-order valence-electron chi connectivity index (χ1n) is 10.3. The molecule has 1 aromatic rings. The van der Waals surface area contributed by atoms with E-state index >= 15 is 0 Å². The van der Waals surface area contributed by atoms with E-state index in [0.717, 1.165) is 5.56 Å². The molecular formula is C21H32N4O7S. The summed E-state index contributed by atoms with van der Waals surface area (Å²) in [5.74, 6) is -3.26. The fraction of sp³-hybridized carbons (Fsp3) is 0.524. The molecule has 11 nitrogen and oxygen atoms in total. The standard InChI is InChI=1S/C21H32N4O7S/c1-12(27)17(21(31)32)25-19(29)15(8-9-33-2)23-20(30)16(11-26)24-18(28)14(22)10-13-6-4-3-5-7-13/h3-7,12,14-17,26-27H,8-11,22H2,1-2H3,(H,23,30)(H,24,28)(H,25,29)(H,31,32). The van der Waals surface area contributed by atoms with Gasteiger partial charge in [-0.25, -0.2) is 4.79 Å². The zero-order valence-electron chi connectivity index (χ0n) is 18.6. The molecule has 0 aliphatic rings. The van der Waals surface area contributed by atoms with Crippen molar-refractivity contribution in [3.8, 4) is 0 Å². The quantitative estimate of drug-likeness (QED) is 0.160. The maximum atomic E-state index is 12.6. The Morgan fingerprint density at radius 2 is 1.58 bits per heavy atom. The molecule has 3 amide bonds. The first-order valence-corrected chi connectivity index (χ1v) is 11.7. The third-order valence-electron chi connectivity index (χ3n) is 4.74. The van der Waals surface area contributed by atoms with Crippen molar-refractivity contribution in [1.29, 1.82) is 0 Å². The zero-order valence-corrected chi connectivity index (χ0v) is 19.4. The summed E-state index contributed by atoms with van der Waals surface area (Å²) in [7, 11) is 0. The van der Waals surface area contributed by atoms with Crippen LogP contribution in [0.25, 0.3) is 0 Å². The minimum absolute atomic E-state index is 0.157. The third kappa shape index (κ3) is 9.78. The van der Waals surface area contributed by atoms with Gasteiger partial charge >= 0.3 is 5.97 Å². The predicted molar refractivity (Wildman–Crippen MR) is 123 cm³/mol. The predicted octanol–water partition coefficient (Wildman–Crippen LogP) is -1.78. The molecule has 184 valence electrons. The van der Waals surface area contributed by atoms with Gasteiger partial charge in [0.2, 0.25) is 17.7 Å². The number of aliphatic hydroxyl groups excluding tert-OH is 2. The largest absolute Gasteiger partial charge is 0.480 e. The van der Waals surface area contributed by atoms with E-state index in [0.29, 0.717) is 5.75 Å². The average Bonchev–Trinajstić information content (AvgIpc) is 2.78. The summed E-state index contributed by atoms with van der Waals surface area (Å²) in [6.07, 6.45) is 0.808. The molecule has 0 heterocycles. The minimum atomic E-state index is -1.56. The molecule has 1 aromatic carbocycles. The fourth-order valence-corrected chi connectivity index (χ4v) is 3.32. The number of carbonyl (C=O) groups excluding carboxylic acids is 3. The lowest BCUT2D eigenvalue weighted by Crippen LogP contribution is -2.59. The molecular weight excluding hydrogens is 452 g/mol. The second kappa shape index (κ2) is 14.5. The third-order valence-corrected chi connectivity index (χ3v) is 5.38. The number of carbonyl (C=O) groups is 4. The van der Waals surface area contributed by atoms with Crippen molar-refractivity contribution in [3.63, 3.8) is 0 Å². The molecule has 0 saturated heterocycles. The molecule has 0 radical (unpaired) electrons. The van der Waals surface area contributed by atoms with Crippen LogP contribution in [0.3, 0.4) is 0 Å². The lowest BCUT2D eigenvalue weighted by molar-refractivity contribution is -0.145. The van der Waals surface area contributed by atoms with E-state index in [4.69, 9.17) is 10.8 Å². The van der Waals surface area contributed by atoms with Gasteiger partial charge in [-0.3, -0.25) is 14.4 Å². The Labute approximate surface area is 196 Å². The summed E-state index contributed by atoms with van der Waals surface area (Å²) in [6.45, 7) is 0.475. The number of benzene rings is 1. The Hall–Kier alpha value is -2.67. The Bertz CT molecular complexity index is 794. The van der Waals surface area contributed by atoms with E-state index in [-0.39, 0.29) is 12.8 Å². The number of rotatable bonds is 14. The van der Waals surface area contributed by atoms with Crippen LogP contribution in [0.2, 0.25) is 0 Å². The number of carboxylic acid groups (broad SMARTS) is 1. The number of nitrogens with one attached hydrogen (secondary N) is 3. The van der Waals surface area contributed by atoms with Crippen molar-refractivity contribution in [1.82, 2.24) is 16.0 Å². The second-order valence-electron chi connectivity index (χ2n) is 7.45. The van der Waals surface area contributed by atoms with Gasteiger partial charge in [0.25, 0.3) is 0 Å². The average molecular weight is 485 g/mol. The molecule has 0 aromatic heterocycles. The highest BCUT2D eigenvalue weighted by molar-refractivity contribution is 7.98. The Morgan fingerprint density at radius 1 is 1.00 bits per heavy atom. The summed E-state index contributed by atoms with van der Waals surface area (Å²) in [5.41, 5.74) is 6.73. The smallest absolute Gasteiger partial charge is 0.328 e. The Balaban J connectivity index is 2.80. The maximum absolute atomic E-state index is 12.6. The summed E-state index contributed by atoms with van der Waals surface area (Å²) in [5, 5.41) is 35.3. The van der Waals surface area contributed by atoms with E-state index < -0.39 is 60.6 Å². The van der Waals surface area contributed by atoms with E-state index in [9.17, 15) is 29.4 Å². The fourth-order valence-electron chi connectivity index (χ4n) is 2.85. The highest BCUT2D eigenvalue weighted by Gasteiger charge is 2.31. The number of hydrogen-bond donors (Lipinski definition) is 7. The highest BCUT2D eigenvalue weighted by Crippen LogP contribution is 2.05. The van der Waals surface area contributed by atoms with Crippen LogP contribution in [-0.2, 0) is 25.6 Å². The molecule has 33 heavy (non-hydrogen) atoms. The van der Waals surface area contributed by atoms with Crippen LogP contribution in [0, 0.1) is 0 Å². The zero-order chi connectivity index (χ0) is 25.0. The normalized spacial score (nSPS) is 15.4. The summed E-state index contributed by atoms with van der Waals surface area (Å²) in [4.78, 5) is 48.9. The van der Waals surface area contributed by atoms with Crippen molar-refractivity contribution in [2.45, 2.75) is 50.0 Å². The van der Waals surface area contributed by atoms with Crippen LogP contribution in [0.5, 0.6) is 0 Å². The van der Waals surface area contributed by atoms with Crippen molar-refractivity contribution in [2.75, 3.05) is 18.6 Å². The maximum Gasteiger partial charge on any atom is 0.328 e. The molecule has 1 rings (SSSR count). The summed E-state index contributed by atoms with van der Waals surface area (Å²) in [6, 6.07) is 4.00. The van der Waals surface area contributed by atoms with Crippen LogP contribution in [0.15, 0.2) is 30.3 Å². The van der Waals surface area contributed by atoms with E-state index in [2.05, 4.69) is 16.0 Å². The van der Waals surface area contributed by atoms with Crippen molar-refractivity contribution in [2.24, 2.45) is 5.73 Å². The van der Waals surface area contributed by atoms with Crippen LogP contribution in [0.4, 0.5) is 0 Å². The minimum Gasteiger partial charge on any atom is -0.480 e. The van der Waals surface area contributed by atoms with Gasteiger partial charge in [-0.15, -0.1) is 0 Å². The molecule has 5 unspecified atom stereocenters. The molecule has 0 fully saturated rings. The molecule has 5 atom stereocenters. The van der Waals surface area contributed by atoms with Crippen LogP contribution >= 0.6 is 11.8 Å². The van der Waals surface area contributed by atoms with Gasteiger partial charge < -0.3 is 37.0 Å². The number of aliphatic hydroxyl groups is 2. The first kappa shape index (κ1) is 28.4. The molecule has 0 bridgehead atoms. The van der Waals surface area contributed by atoms with Crippen LogP contribution in [-0.4, -0.2) is 87.9 Å².